The van der Waals surface area contributed by atoms with Crippen molar-refractivity contribution in [1.82, 2.24) is 19.6 Å². The van der Waals surface area contributed by atoms with Crippen molar-refractivity contribution < 1.29 is 4.79 Å². The molecule has 0 saturated heterocycles. The molecular formula is C23H23N5O2. The smallest absolute Gasteiger partial charge is 0.293 e. The molecule has 2 aromatic carbocycles. The van der Waals surface area contributed by atoms with Gasteiger partial charge in [-0.05, 0) is 51.0 Å². The summed E-state index contributed by atoms with van der Waals surface area (Å²) in [7, 11) is 0. The fraction of sp³-hybridized carbons (Fsp3) is 0.217. The number of fused-ring (bicyclic) bond motifs is 1. The SMILES string of the molecule is Cc1ccc(NC(=O)Cn2nc(C)c3cnn(-c4ccccc4C)c3c2=O)c(C)c1. The molecule has 1 N–H and O–H groups in total. The molecule has 0 aliphatic rings. The molecule has 2 aromatic heterocycles. The van der Waals surface area contributed by atoms with Gasteiger partial charge < -0.3 is 5.32 Å². The minimum Gasteiger partial charge on any atom is -0.324 e. The third-order valence-corrected chi connectivity index (χ3v) is 5.16. The van der Waals surface area contributed by atoms with Crippen molar-refractivity contribution in [2.24, 2.45) is 0 Å². The Morgan fingerprint density at radius 1 is 1.03 bits per heavy atom. The Hall–Kier alpha value is -3.74. The number of aromatic nitrogens is 4. The van der Waals surface area contributed by atoms with Gasteiger partial charge in [-0.25, -0.2) is 9.36 Å². The van der Waals surface area contributed by atoms with E-state index >= 15 is 0 Å². The van der Waals surface area contributed by atoms with Gasteiger partial charge in [-0.1, -0.05) is 35.9 Å². The molecule has 0 atom stereocenters. The molecule has 0 saturated carbocycles. The molecular weight excluding hydrogens is 378 g/mol. The highest BCUT2D eigenvalue weighted by Gasteiger charge is 2.17. The van der Waals surface area contributed by atoms with Gasteiger partial charge in [0.15, 0.2) is 0 Å². The van der Waals surface area contributed by atoms with Crippen molar-refractivity contribution in [2.45, 2.75) is 34.2 Å². The lowest BCUT2D eigenvalue weighted by Crippen LogP contribution is -2.31. The van der Waals surface area contributed by atoms with Crippen LogP contribution >= 0.6 is 0 Å². The number of benzene rings is 2. The highest BCUT2D eigenvalue weighted by atomic mass is 16.2. The molecule has 7 heteroatoms. The highest BCUT2D eigenvalue weighted by Crippen LogP contribution is 2.20. The standard InChI is InChI=1S/C23H23N5O2/c1-14-9-10-19(16(3)11-14)25-21(29)13-27-23(30)22-18(17(4)26-27)12-24-28(22)20-8-6-5-7-15(20)2/h5-12H,13H2,1-4H3,(H,25,29). The molecule has 0 bridgehead atoms. The van der Waals surface area contributed by atoms with Crippen LogP contribution in [0.5, 0.6) is 0 Å². The predicted molar refractivity (Wildman–Crippen MR) is 117 cm³/mol. The Balaban J connectivity index is 1.72. The lowest BCUT2D eigenvalue weighted by Gasteiger charge is -2.11. The van der Waals surface area contributed by atoms with Crippen molar-refractivity contribution in [3.63, 3.8) is 0 Å². The molecule has 0 unspecified atom stereocenters. The summed E-state index contributed by atoms with van der Waals surface area (Å²) in [5.74, 6) is -0.308. The van der Waals surface area contributed by atoms with Crippen molar-refractivity contribution >= 4 is 22.5 Å². The van der Waals surface area contributed by atoms with Gasteiger partial charge in [0.1, 0.15) is 12.1 Å². The summed E-state index contributed by atoms with van der Waals surface area (Å²) in [6.45, 7) is 7.53. The van der Waals surface area contributed by atoms with Crippen molar-refractivity contribution in [2.75, 3.05) is 5.32 Å². The number of anilines is 1. The molecule has 0 aliphatic heterocycles. The second-order valence-electron chi connectivity index (χ2n) is 7.52. The average Bonchev–Trinajstić information content (AvgIpc) is 3.14. The van der Waals surface area contributed by atoms with E-state index in [1.807, 2.05) is 70.2 Å². The largest absolute Gasteiger partial charge is 0.324 e. The van der Waals surface area contributed by atoms with Crippen LogP contribution in [0, 0.1) is 27.7 Å². The number of para-hydroxylation sites is 1. The zero-order chi connectivity index (χ0) is 21.4. The number of nitrogens with one attached hydrogen (secondary N) is 1. The summed E-state index contributed by atoms with van der Waals surface area (Å²) in [6, 6.07) is 13.5. The summed E-state index contributed by atoms with van der Waals surface area (Å²) in [6.07, 6.45) is 1.64. The predicted octanol–water partition coefficient (Wildman–Crippen LogP) is 3.45. The van der Waals surface area contributed by atoms with E-state index in [1.54, 1.807) is 10.9 Å². The normalized spacial score (nSPS) is 11.1. The van der Waals surface area contributed by atoms with E-state index < -0.39 is 0 Å². The number of carbonyl (C=O) groups is 1. The molecule has 0 spiro atoms. The van der Waals surface area contributed by atoms with Crippen LogP contribution in [0.25, 0.3) is 16.6 Å². The van der Waals surface area contributed by atoms with E-state index in [1.165, 1.54) is 4.68 Å². The van der Waals surface area contributed by atoms with Gasteiger partial charge in [-0.15, -0.1) is 0 Å². The van der Waals surface area contributed by atoms with Gasteiger partial charge in [-0.2, -0.15) is 10.2 Å². The lowest BCUT2D eigenvalue weighted by atomic mass is 10.1. The van der Waals surface area contributed by atoms with Crippen LogP contribution in [0.3, 0.4) is 0 Å². The van der Waals surface area contributed by atoms with Crippen LogP contribution < -0.4 is 10.9 Å². The van der Waals surface area contributed by atoms with E-state index in [9.17, 15) is 9.59 Å². The summed E-state index contributed by atoms with van der Waals surface area (Å²) in [5, 5.41) is 12.3. The monoisotopic (exact) mass is 401 g/mol. The van der Waals surface area contributed by atoms with Gasteiger partial charge in [0.25, 0.3) is 5.56 Å². The minimum absolute atomic E-state index is 0.179. The van der Waals surface area contributed by atoms with Crippen LogP contribution in [0.4, 0.5) is 5.69 Å². The molecule has 30 heavy (non-hydrogen) atoms. The fourth-order valence-electron chi connectivity index (χ4n) is 3.59. The van der Waals surface area contributed by atoms with Crippen molar-refractivity contribution in [3.05, 3.63) is 81.4 Å². The van der Waals surface area contributed by atoms with E-state index in [4.69, 9.17) is 0 Å². The summed E-state index contributed by atoms with van der Waals surface area (Å²) in [5.41, 5.74) is 5.33. The van der Waals surface area contributed by atoms with E-state index in [2.05, 4.69) is 15.5 Å². The number of nitrogens with zero attached hydrogens (tertiary/aromatic N) is 4. The molecule has 4 aromatic rings. The number of amides is 1. The zero-order valence-electron chi connectivity index (χ0n) is 17.4. The first-order valence-electron chi connectivity index (χ1n) is 9.73. The fourth-order valence-corrected chi connectivity index (χ4v) is 3.59. The molecule has 0 aliphatic carbocycles. The molecule has 152 valence electrons. The Labute approximate surface area is 174 Å². The van der Waals surface area contributed by atoms with Crippen LogP contribution in [-0.2, 0) is 11.3 Å². The quantitative estimate of drug-likeness (QED) is 0.568. The lowest BCUT2D eigenvalue weighted by molar-refractivity contribution is -0.117. The van der Waals surface area contributed by atoms with E-state index in [0.29, 0.717) is 16.6 Å². The first-order valence-corrected chi connectivity index (χ1v) is 9.73. The number of aryl methyl sites for hydroxylation is 4. The number of hydrogen-bond donors (Lipinski definition) is 1. The number of rotatable bonds is 4. The van der Waals surface area contributed by atoms with Gasteiger partial charge >= 0.3 is 0 Å². The Morgan fingerprint density at radius 3 is 2.53 bits per heavy atom. The second-order valence-corrected chi connectivity index (χ2v) is 7.52. The maximum atomic E-state index is 13.2. The third-order valence-electron chi connectivity index (χ3n) is 5.16. The van der Waals surface area contributed by atoms with Crippen molar-refractivity contribution in [3.8, 4) is 5.69 Å². The average molecular weight is 401 g/mol. The van der Waals surface area contributed by atoms with Gasteiger partial charge in [0.2, 0.25) is 5.91 Å². The highest BCUT2D eigenvalue weighted by molar-refractivity contribution is 5.91. The minimum atomic E-state index is -0.355. The van der Waals surface area contributed by atoms with Crippen LogP contribution in [0.2, 0.25) is 0 Å². The maximum Gasteiger partial charge on any atom is 0.293 e. The Bertz CT molecular complexity index is 1330. The van der Waals surface area contributed by atoms with Crippen LogP contribution in [0.15, 0.2) is 53.5 Å². The molecule has 4 rings (SSSR count). The molecule has 1 amide bonds. The van der Waals surface area contributed by atoms with Gasteiger partial charge in [-0.3, -0.25) is 9.59 Å². The number of carbonyl (C=O) groups excluding carboxylic acids is 1. The van der Waals surface area contributed by atoms with Gasteiger partial charge in [0.05, 0.1) is 17.6 Å². The van der Waals surface area contributed by atoms with Crippen LogP contribution in [0.1, 0.15) is 22.4 Å². The van der Waals surface area contributed by atoms with Crippen molar-refractivity contribution in [1.29, 1.82) is 0 Å². The van der Waals surface area contributed by atoms with Gasteiger partial charge in [0, 0.05) is 11.1 Å². The summed E-state index contributed by atoms with van der Waals surface area (Å²) >= 11 is 0. The first kappa shape index (κ1) is 19.6. The topological polar surface area (TPSA) is 81.8 Å². The third kappa shape index (κ3) is 3.50. The second kappa shape index (κ2) is 7.59. The molecule has 2 heterocycles. The Kier molecular flexibility index (Phi) is 4.95. The molecule has 0 radical (unpaired) electrons. The molecule has 0 fully saturated rings. The maximum absolute atomic E-state index is 13.2. The number of hydrogen-bond acceptors (Lipinski definition) is 4. The zero-order valence-corrected chi connectivity index (χ0v) is 17.4. The van der Waals surface area contributed by atoms with E-state index in [-0.39, 0.29) is 18.0 Å². The summed E-state index contributed by atoms with van der Waals surface area (Å²) in [4.78, 5) is 25.8. The van der Waals surface area contributed by atoms with E-state index in [0.717, 1.165) is 28.1 Å². The Morgan fingerprint density at radius 2 is 1.80 bits per heavy atom. The molecule has 7 nitrogen and oxygen atoms in total. The van der Waals surface area contributed by atoms with Crippen LogP contribution in [-0.4, -0.2) is 25.5 Å². The first-order chi connectivity index (χ1) is 14.3. The summed E-state index contributed by atoms with van der Waals surface area (Å²) < 4.78 is 2.83.